The maximum atomic E-state index is 13.4. The maximum Gasteiger partial charge on any atom is 0.269 e. The molecule has 0 atom stereocenters. The monoisotopic (exact) mass is 545 g/mol. The fourth-order valence-electron chi connectivity index (χ4n) is 4.20. The molecule has 0 spiro atoms. The van der Waals surface area contributed by atoms with Gasteiger partial charge in [0.05, 0.1) is 21.7 Å². The van der Waals surface area contributed by atoms with E-state index in [2.05, 4.69) is 21.2 Å². The summed E-state index contributed by atoms with van der Waals surface area (Å²) in [6, 6.07) is 22.6. The minimum absolute atomic E-state index is 0.0248. The molecule has 4 rings (SSSR count). The zero-order valence-electron chi connectivity index (χ0n) is 21.6. The molecule has 1 heterocycles. The van der Waals surface area contributed by atoms with E-state index in [-0.39, 0.29) is 16.3 Å². The minimum atomic E-state index is -4.16. The van der Waals surface area contributed by atoms with Gasteiger partial charge in [0, 0.05) is 34.8 Å². The van der Waals surface area contributed by atoms with E-state index in [1.54, 1.807) is 18.2 Å². The first-order valence-corrected chi connectivity index (χ1v) is 13.4. The van der Waals surface area contributed by atoms with Crippen LogP contribution in [0.2, 0.25) is 0 Å². The average Bonchev–Trinajstić information content (AvgIpc) is 3.20. The highest BCUT2D eigenvalue weighted by Gasteiger charge is 2.27. The summed E-state index contributed by atoms with van der Waals surface area (Å²) >= 11 is 0. The molecule has 10 nitrogen and oxygen atoms in total. The number of aryl methyl sites for hydroxylation is 2. The van der Waals surface area contributed by atoms with Gasteiger partial charge in [-0.3, -0.25) is 19.2 Å². The van der Waals surface area contributed by atoms with E-state index in [9.17, 15) is 23.3 Å². The lowest BCUT2D eigenvalue weighted by molar-refractivity contribution is -0.384. The third-order valence-electron chi connectivity index (χ3n) is 6.09. The topological polar surface area (TPSA) is 127 Å². The second kappa shape index (κ2) is 11.3. The molecule has 11 heteroatoms. The van der Waals surface area contributed by atoms with Crippen LogP contribution in [0.5, 0.6) is 0 Å². The molecule has 4 aromatic rings. The zero-order chi connectivity index (χ0) is 28.2. The summed E-state index contributed by atoms with van der Waals surface area (Å²) in [7, 11) is -4.16. The maximum absolute atomic E-state index is 13.4. The molecule has 0 aliphatic rings. The molecule has 200 valence electrons. The Balaban J connectivity index is 1.56. The number of amides is 1. The molecule has 0 fully saturated rings. The first-order chi connectivity index (χ1) is 18.6. The van der Waals surface area contributed by atoms with Crippen molar-refractivity contribution in [2.24, 2.45) is 5.10 Å². The fourth-order valence-corrected chi connectivity index (χ4v) is 5.64. The Hall–Kier alpha value is -4.77. The Morgan fingerprint density at radius 1 is 1.00 bits per heavy atom. The Morgan fingerprint density at radius 3 is 2.33 bits per heavy atom. The van der Waals surface area contributed by atoms with Crippen molar-refractivity contribution in [2.45, 2.75) is 25.7 Å². The van der Waals surface area contributed by atoms with Crippen LogP contribution in [-0.4, -0.2) is 36.6 Å². The Kier molecular flexibility index (Phi) is 7.91. The second-order valence-electron chi connectivity index (χ2n) is 8.89. The molecule has 0 saturated carbocycles. The molecular weight excluding hydrogens is 518 g/mol. The minimum Gasteiger partial charge on any atom is -0.318 e. The largest absolute Gasteiger partial charge is 0.318 e. The number of hydrazone groups is 1. The number of hydrogen-bond donors (Lipinski definition) is 1. The van der Waals surface area contributed by atoms with Crippen molar-refractivity contribution in [1.29, 1.82) is 0 Å². The van der Waals surface area contributed by atoms with Gasteiger partial charge in [-0.25, -0.2) is 13.8 Å². The number of hydrogen-bond acceptors (Lipinski definition) is 6. The van der Waals surface area contributed by atoms with Gasteiger partial charge >= 0.3 is 0 Å². The van der Waals surface area contributed by atoms with Crippen LogP contribution in [0.1, 0.15) is 22.5 Å². The van der Waals surface area contributed by atoms with E-state index in [1.807, 2.05) is 45.0 Å². The number of sulfonamides is 1. The number of aromatic nitrogens is 1. The molecule has 3 aromatic carbocycles. The normalized spacial score (nSPS) is 11.5. The predicted octanol–water partition coefficient (Wildman–Crippen LogP) is 4.66. The van der Waals surface area contributed by atoms with Crippen molar-refractivity contribution in [1.82, 2.24) is 9.99 Å². The number of benzene rings is 3. The average molecular weight is 546 g/mol. The number of nitro benzene ring substituents is 1. The van der Waals surface area contributed by atoms with Gasteiger partial charge < -0.3 is 4.57 Å². The number of non-ortho nitro benzene ring substituents is 1. The molecular formula is C28H27N5O5S. The molecule has 1 aromatic heterocycles. The first kappa shape index (κ1) is 27.3. The van der Waals surface area contributed by atoms with Gasteiger partial charge in [-0.2, -0.15) is 5.10 Å². The highest BCUT2D eigenvalue weighted by molar-refractivity contribution is 7.92. The third-order valence-corrected chi connectivity index (χ3v) is 7.88. The third kappa shape index (κ3) is 6.04. The van der Waals surface area contributed by atoms with Crippen LogP contribution in [0.3, 0.4) is 0 Å². The highest BCUT2D eigenvalue weighted by atomic mass is 32.2. The fraction of sp³-hybridized carbons (Fsp3) is 0.143. The van der Waals surface area contributed by atoms with Gasteiger partial charge in [-0.1, -0.05) is 30.3 Å². The summed E-state index contributed by atoms with van der Waals surface area (Å²) in [6.45, 7) is 5.35. The van der Waals surface area contributed by atoms with Gasteiger partial charge in [0.2, 0.25) is 0 Å². The SMILES string of the molecule is Cc1cccc(-n2c(C)cc(/C=N/NC(=O)CN(c3ccc([N+](=O)[O-])cc3)S(=O)(=O)c3ccccc3)c2C)c1. The summed E-state index contributed by atoms with van der Waals surface area (Å²) in [6.07, 6.45) is 1.51. The van der Waals surface area contributed by atoms with Crippen molar-refractivity contribution >= 4 is 33.5 Å². The zero-order valence-corrected chi connectivity index (χ0v) is 22.4. The Labute approximate surface area is 226 Å². The number of nitrogens with one attached hydrogen (secondary N) is 1. The summed E-state index contributed by atoms with van der Waals surface area (Å²) < 4.78 is 29.8. The number of nitro groups is 1. The van der Waals surface area contributed by atoms with Crippen molar-refractivity contribution in [3.63, 3.8) is 0 Å². The van der Waals surface area contributed by atoms with Crippen LogP contribution in [0.15, 0.2) is 94.9 Å². The lowest BCUT2D eigenvalue weighted by Gasteiger charge is -2.23. The van der Waals surface area contributed by atoms with Crippen LogP contribution in [-0.2, 0) is 14.8 Å². The molecule has 1 amide bonds. The van der Waals surface area contributed by atoms with E-state index in [4.69, 9.17) is 0 Å². The number of carbonyl (C=O) groups is 1. The van der Waals surface area contributed by atoms with Crippen LogP contribution < -0.4 is 9.73 Å². The standard InChI is InChI=1S/C28H27N5O5S/c1-20-8-7-9-26(16-20)32-21(2)17-23(22(32)3)18-29-30-28(34)19-31(24-12-14-25(15-13-24)33(35)36)39(37,38)27-10-5-4-6-11-27/h4-18H,19H2,1-3H3,(H,30,34)/b29-18+. The molecule has 0 aliphatic carbocycles. The van der Waals surface area contributed by atoms with Gasteiger partial charge in [0.1, 0.15) is 6.54 Å². The summed E-state index contributed by atoms with van der Waals surface area (Å²) in [5.74, 6) is -0.684. The van der Waals surface area contributed by atoms with E-state index in [1.165, 1.54) is 42.6 Å². The van der Waals surface area contributed by atoms with Crippen LogP contribution in [0.25, 0.3) is 5.69 Å². The quantitative estimate of drug-likeness (QED) is 0.186. The van der Waals surface area contributed by atoms with Crippen molar-refractivity contribution in [3.05, 3.63) is 118 Å². The van der Waals surface area contributed by atoms with Crippen LogP contribution >= 0.6 is 0 Å². The molecule has 1 N–H and O–H groups in total. The molecule has 0 saturated heterocycles. The van der Waals surface area contributed by atoms with Gasteiger partial charge in [0.25, 0.3) is 21.6 Å². The van der Waals surface area contributed by atoms with Crippen LogP contribution in [0, 0.1) is 30.9 Å². The van der Waals surface area contributed by atoms with Crippen molar-refractivity contribution < 1.29 is 18.1 Å². The van der Waals surface area contributed by atoms with E-state index in [0.29, 0.717) is 0 Å². The summed E-state index contributed by atoms with van der Waals surface area (Å²) in [4.78, 5) is 23.3. The molecule has 39 heavy (non-hydrogen) atoms. The van der Waals surface area contributed by atoms with Gasteiger partial charge in [-0.15, -0.1) is 0 Å². The smallest absolute Gasteiger partial charge is 0.269 e. The number of nitrogens with zero attached hydrogens (tertiary/aromatic N) is 4. The summed E-state index contributed by atoms with van der Waals surface area (Å²) in [5, 5.41) is 15.1. The van der Waals surface area contributed by atoms with Crippen molar-refractivity contribution in [2.75, 3.05) is 10.8 Å². The number of anilines is 1. The van der Waals surface area contributed by atoms with Gasteiger partial charge in [0.15, 0.2) is 0 Å². The summed E-state index contributed by atoms with van der Waals surface area (Å²) in [5.41, 5.74) is 7.15. The van der Waals surface area contributed by atoms with E-state index >= 15 is 0 Å². The lowest BCUT2D eigenvalue weighted by Crippen LogP contribution is -2.39. The van der Waals surface area contributed by atoms with Gasteiger partial charge in [-0.05, 0) is 68.8 Å². The number of rotatable bonds is 9. The Bertz CT molecular complexity index is 1650. The predicted molar refractivity (Wildman–Crippen MR) is 150 cm³/mol. The molecule has 0 bridgehead atoms. The Morgan fingerprint density at radius 2 is 1.69 bits per heavy atom. The van der Waals surface area contributed by atoms with Crippen LogP contribution in [0.4, 0.5) is 11.4 Å². The first-order valence-electron chi connectivity index (χ1n) is 12.0. The van der Waals surface area contributed by atoms with Crippen molar-refractivity contribution in [3.8, 4) is 5.69 Å². The molecule has 0 aliphatic heterocycles. The lowest BCUT2D eigenvalue weighted by atomic mass is 10.2. The number of carbonyl (C=O) groups excluding carboxylic acids is 1. The molecule has 0 unspecified atom stereocenters. The van der Waals surface area contributed by atoms with E-state index in [0.717, 1.165) is 32.5 Å². The highest BCUT2D eigenvalue weighted by Crippen LogP contribution is 2.26. The van der Waals surface area contributed by atoms with E-state index < -0.39 is 27.4 Å². The second-order valence-corrected chi connectivity index (χ2v) is 10.8. The molecule has 0 radical (unpaired) electrons.